The Morgan fingerprint density at radius 1 is 0.963 bits per heavy atom. The average Bonchev–Trinajstić information content (AvgIpc) is 3.19. The fraction of sp³-hybridized carbons (Fsp3) is 0.320. The number of hydrogen-bond donors (Lipinski definition) is 0. The highest BCUT2D eigenvalue weighted by Gasteiger charge is 2.21. The molecule has 3 aromatic carbocycles. The lowest BCUT2D eigenvalue weighted by Gasteiger charge is -2.23. The summed E-state index contributed by atoms with van der Waals surface area (Å²) in [6.45, 7) is 4.75. The van der Waals surface area contributed by atoms with Crippen molar-refractivity contribution >= 4 is 10.8 Å². The summed E-state index contributed by atoms with van der Waals surface area (Å²) in [5.41, 5.74) is 4.48. The third-order valence-corrected chi connectivity index (χ3v) is 5.91. The lowest BCUT2D eigenvalue weighted by molar-refractivity contribution is 0.251. The molecule has 0 spiro atoms. The van der Waals surface area contributed by atoms with Gasteiger partial charge in [-0.15, -0.1) is 0 Å². The molecule has 0 saturated carbocycles. The van der Waals surface area contributed by atoms with E-state index in [1.807, 2.05) is 24.3 Å². The molecule has 1 saturated heterocycles. The van der Waals surface area contributed by atoms with Gasteiger partial charge in [0, 0.05) is 12.6 Å². The lowest BCUT2D eigenvalue weighted by Crippen LogP contribution is -2.30. The fourth-order valence-electron chi connectivity index (χ4n) is 4.29. The molecule has 1 atom stereocenters. The Morgan fingerprint density at radius 2 is 1.70 bits per heavy atom. The minimum Gasteiger partial charge on any atom is -0.300 e. The Morgan fingerprint density at radius 3 is 2.48 bits per heavy atom. The van der Waals surface area contributed by atoms with Gasteiger partial charge < -0.3 is 4.90 Å². The third kappa shape index (κ3) is 3.89. The molecule has 0 aliphatic carbocycles. The van der Waals surface area contributed by atoms with E-state index in [1.54, 1.807) is 0 Å². The first-order valence-electron chi connectivity index (χ1n) is 10.0. The second-order valence-electron chi connectivity index (χ2n) is 7.58. The molecule has 1 fully saturated rings. The van der Waals surface area contributed by atoms with Crippen LogP contribution in [0.15, 0.2) is 60.7 Å². The molecule has 1 aliphatic heterocycles. The lowest BCUT2D eigenvalue weighted by atomic mass is 9.98. The predicted molar refractivity (Wildman–Crippen MR) is 113 cm³/mol. The number of rotatable bonds is 5. The number of nitriles is 1. The van der Waals surface area contributed by atoms with Gasteiger partial charge in [0.05, 0.1) is 11.6 Å². The van der Waals surface area contributed by atoms with Gasteiger partial charge >= 0.3 is 0 Å². The summed E-state index contributed by atoms with van der Waals surface area (Å²) in [7, 11) is 0. The molecule has 1 heterocycles. The fourth-order valence-corrected chi connectivity index (χ4v) is 4.29. The monoisotopic (exact) mass is 354 g/mol. The molecule has 27 heavy (non-hydrogen) atoms. The van der Waals surface area contributed by atoms with Gasteiger partial charge in [-0.25, -0.2) is 0 Å². The van der Waals surface area contributed by atoms with Crippen LogP contribution in [0.25, 0.3) is 21.9 Å². The summed E-state index contributed by atoms with van der Waals surface area (Å²) in [6, 6.07) is 24.3. The SMILES string of the molecule is CC[C@@H]1CCCN1CCc1ccc2cc(-c3ccc(C#N)cc3)ccc2c1. The van der Waals surface area contributed by atoms with Crippen LogP contribution >= 0.6 is 0 Å². The number of benzene rings is 3. The van der Waals surface area contributed by atoms with Crippen molar-refractivity contribution in [2.24, 2.45) is 0 Å². The Hall–Kier alpha value is -2.63. The van der Waals surface area contributed by atoms with Crippen LogP contribution in [0.4, 0.5) is 0 Å². The molecular weight excluding hydrogens is 328 g/mol. The molecule has 3 aromatic rings. The average molecular weight is 354 g/mol. The van der Waals surface area contributed by atoms with Crippen molar-refractivity contribution < 1.29 is 0 Å². The number of hydrogen-bond acceptors (Lipinski definition) is 2. The van der Waals surface area contributed by atoms with E-state index in [-0.39, 0.29) is 0 Å². The quantitative estimate of drug-likeness (QED) is 0.579. The smallest absolute Gasteiger partial charge is 0.0991 e. The van der Waals surface area contributed by atoms with Crippen LogP contribution < -0.4 is 0 Å². The van der Waals surface area contributed by atoms with Crippen molar-refractivity contribution in [3.63, 3.8) is 0 Å². The van der Waals surface area contributed by atoms with Crippen molar-refractivity contribution in [2.75, 3.05) is 13.1 Å². The zero-order valence-corrected chi connectivity index (χ0v) is 16.0. The summed E-state index contributed by atoms with van der Waals surface area (Å²) in [6.07, 6.45) is 5.13. The van der Waals surface area contributed by atoms with Crippen molar-refractivity contribution in [1.82, 2.24) is 4.90 Å². The largest absolute Gasteiger partial charge is 0.300 e. The first kappa shape index (κ1) is 17.8. The van der Waals surface area contributed by atoms with Crippen molar-refractivity contribution in [2.45, 2.75) is 38.6 Å². The van der Waals surface area contributed by atoms with Crippen LogP contribution in [0.3, 0.4) is 0 Å². The Kier molecular flexibility index (Phi) is 5.23. The van der Waals surface area contributed by atoms with E-state index in [0.29, 0.717) is 5.56 Å². The van der Waals surface area contributed by atoms with Crippen LogP contribution in [0.1, 0.15) is 37.3 Å². The van der Waals surface area contributed by atoms with Crippen LogP contribution in [-0.2, 0) is 6.42 Å². The van der Waals surface area contributed by atoms with Crippen LogP contribution in [-0.4, -0.2) is 24.0 Å². The maximum Gasteiger partial charge on any atom is 0.0991 e. The normalized spacial score (nSPS) is 17.3. The molecule has 1 aliphatic rings. The van der Waals surface area contributed by atoms with Gasteiger partial charge in [-0.2, -0.15) is 5.26 Å². The van der Waals surface area contributed by atoms with Crippen LogP contribution in [0.5, 0.6) is 0 Å². The highest BCUT2D eigenvalue weighted by molar-refractivity contribution is 5.87. The number of fused-ring (bicyclic) bond motifs is 1. The summed E-state index contributed by atoms with van der Waals surface area (Å²) in [5.74, 6) is 0. The molecule has 0 radical (unpaired) electrons. The molecular formula is C25H26N2. The van der Waals surface area contributed by atoms with Gasteiger partial charge in [0.1, 0.15) is 0 Å². The highest BCUT2D eigenvalue weighted by atomic mass is 15.2. The van der Waals surface area contributed by atoms with E-state index < -0.39 is 0 Å². The first-order chi connectivity index (χ1) is 13.3. The summed E-state index contributed by atoms with van der Waals surface area (Å²) in [5, 5.41) is 11.5. The summed E-state index contributed by atoms with van der Waals surface area (Å²) < 4.78 is 0. The molecule has 136 valence electrons. The summed E-state index contributed by atoms with van der Waals surface area (Å²) >= 11 is 0. The third-order valence-electron chi connectivity index (χ3n) is 5.91. The second-order valence-corrected chi connectivity index (χ2v) is 7.58. The highest BCUT2D eigenvalue weighted by Crippen LogP contribution is 2.26. The molecule has 0 aromatic heterocycles. The van der Waals surface area contributed by atoms with E-state index >= 15 is 0 Å². The molecule has 2 nitrogen and oxygen atoms in total. The minimum atomic E-state index is 0.701. The van der Waals surface area contributed by atoms with Gasteiger partial charge in [-0.05, 0) is 77.9 Å². The molecule has 0 N–H and O–H groups in total. The zero-order chi connectivity index (χ0) is 18.6. The molecule has 0 unspecified atom stereocenters. The molecule has 4 rings (SSSR count). The second kappa shape index (κ2) is 7.94. The molecule has 0 bridgehead atoms. The van der Waals surface area contributed by atoms with E-state index in [2.05, 4.69) is 54.3 Å². The van der Waals surface area contributed by atoms with Gasteiger partial charge in [0.2, 0.25) is 0 Å². The van der Waals surface area contributed by atoms with Gasteiger partial charge in [0.15, 0.2) is 0 Å². The van der Waals surface area contributed by atoms with Gasteiger partial charge in [-0.3, -0.25) is 0 Å². The van der Waals surface area contributed by atoms with Crippen molar-refractivity contribution in [3.8, 4) is 17.2 Å². The topological polar surface area (TPSA) is 27.0 Å². The molecule has 2 heteroatoms. The van der Waals surface area contributed by atoms with Crippen LogP contribution in [0, 0.1) is 11.3 Å². The maximum atomic E-state index is 8.95. The number of nitrogens with zero attached hydrogens (tertiary/aromatic N) is 2. The minimum absolute atomic E-state index is 0.701. The predicted octanol–water partition coefficient (Wildman–Crippen LogP) is 5.80. The molecule has 0 amide bonds. The van der Waals surface area contributed by atoms with E-state index in [9.17, 15) is 0 Å². The standard InChI is InChI=1S/C25H26N2/c1-2-25-4-3-14-27(25)15-13-19-5-10-24-17-23(12-11-22(24)16-19)21-8-6-20(18-26)7-9-21/h5-12,16-17,25H,2-4,13-15H2,1H3/t25-/m1/s1. The van der Waals surface area contributed by atoms with Gasteiger partial charge in [0.25, 0.3) is 0 Å². The van der Waals surface area contributed by atoms with Crippen LogP contribution in [0.2, 0.25) is 0 Å². The van der Waals surface area contributed by atoms with Crippen molar-refractivity contribution in [3.05, 3.63) is 71.8 Å². The van der Waals surface area contributed by atoms with E-state index in [0.717, 1.165) is 18.0 Å². The summed E-state index contributed by atoms with van der Waals surface area (Å²) in [4.78, 5) is 2.66. The Labute approximate surface area is 162 Å². The van der Waals surface area contributed by atoms with E-state index in [1.165, 1.54) is 54.3 Å². The van der Waals surface area contributed by atoms with E-state index in [4.69, 9.17) is 5.26 Å². The van der Waals surface area contributed by atoms with Gasteiger partial charge in [-0.1, -0.05) is 49.4 Å². The first-order valence-corrected chi connectivity index (χ1v) is 10.0. The zero-order valence-electron chi connectivity index (χ0n) is 16.0. The Balaban J connectivity index is 1.50. The van der Waals surface area contributed by atoms with Crippen molar-refractivity contribution in [1.29, 1.82) is 5.26 Å². The Bertz CT molecular complexity index is 966. The maximum absolute atomic E-state index is 8.95. The number of likely N-dealkylation sites (tertiary alicyclic amines) is 1.